The van der Waals surface area contributed by atoms with Crippen LogP contribution in [0, 0.1) is 5.92 Å². The first-order valence-corrected chi connectivity index (χ1v) is 16.0. The zero-order chi connectivity index (χ0) is 29.1. The van der Waals surface area contributed by atoms with Gasteiger partial charge in [0.25, 0.3) is 0 Å². The quantitative estimate of drug-likeness (QED) is 0.0579. The van der Waals surface area contributed by atoms with Crippen LogP contribution in [0.4, 0.5) is 0 Å². The predicted octanol–water partition coefficient (Wildman–Crippen LogP) is 10.5. The first-order chi connectivity index (χ1) is 20.1. The number of rotatable bonds is 20. The van der Waals surface area contributed by atoms with Crippen LogP contribution in [-0.4, -0.2) is 25.1 Å². The molecule has 4 nitrogen and oxygen atoms in total. The van der Waals surface area contributed by atoms with Crippen LogP contribution in [0.2, 0.25) is 0 Å². The molecule has 3 aromatic rings. The molecule has 0 aliphatic heterocycles. The van der Waals surface area contributed by atoms with Crippen LogP contribution >= 0.6 is 11.6 Å². The van der Waals surface area contributed by atoms with Crippen LogP contribution in [-0.2, 0) is 0 Å². The fourth-order valence-electron chi connectivity index (χ4n) is 4.79. The Kier molecular flexibility index (Phi) is 15.2. The maximum Gasteiger partial charge on any atom is 0.344 e. The first-order valence-electron chi connectivity index (χ1n) is 15.4. The highest BCUT2D eigenvalue weighted by molar-refractivity contribution is 6.17. The summed E-state index contributed by atoms with van der Waals surface area (Å²) in [5.41, 5.74) is 2.23. The Hall–Kier alpha value is -2.98. The molecule has 41 heavy (non-hydrogen) atoms. The second-order valence-corrected chi connectivity index (χ2v) is 11.2. The molecule has 0 N–H and O–H groups in total. The summed E-state index contributed by atoms with van der Waals surface area (Å²) in [4.78, 5) is 13.4. The number of hydrogen-bond acceptors (Lipinski definition) is 4. The highest BCUT2D eigenvalue weighted by Gasteiger charge is 2.17. The molecular formula is C36H47ClO4. The minimum atomic E-state index is -0.419. The maximum atomic E-state index is 13.4. The average molecular weight is 579 g/mol. The number of alkyl halides is 1. The second-order valence-electron chi connectivity index (χ2n) is 10.8. The van der Waals surface area contributed by atoms with E-state index in [2.05, 4.69) is 13.8 Å². The van der Waals surface area contributed by atoms with Crippen LogP contribution in [0.5, 0.6) is 17.2 Å². The lowest BCUT2D eigenvalue weighted by atomic mass is 9.99. The van der Waals surface area contributed by atoms with E-state index >= 15 is 0 Å². The third kappa shape index (κ3) is 12.2. The van der Waals surface area contributed by atoms with Crippen molar-refractivity contribution in [3.63, 3.8) is 0 Å². The summed E-state index contributed by atoms with van der Waals surface area (Å²) >= 11 is 5.82. The smallest absolute Gasteiger partial charge is 0.344 e. The topological polar surface area (TPSA) is 44.8 Å². The molecule has 0 unspecified atom stereocenters. The van der Waals surface area contributed by atoms with Crippen molar-refractivity contribution < 1.29 is 19.0 Å². The first kappa shape index (κ1) is 32.5. The van der Waals surface area contributed by atoms with E-state index in [0.29, 0.717) is 42.1 Å². The number of carbonyl (C=O) groups excluding carboxylic acids is 1. The summed E-state index contributed by atoms with van der Waals surface area (Å²) in [7, 11) is 0. The molecule has 0 amide bonds. The zero-order valence-electron chi connectivity index (χ0n) is 24.9. The second kappa shape index (κ2) is 19.2. The molecule has 222 valence electrons. The van der Waals surface area contributed by atoms with Crippen molar-refractivity contribution in [2.24, 2.45) is 5.92 Å². The molecule has 0 aliphatic carbocycles. The van der Waals surface area contributed by atoms with E-state index in [0.717, 1.165) is 42.6 Å². The summed E-state index contributed by atoms with van der Waals surface area (Å²) in [5.74, 6) is 2.73. The Morgan fingerprint density at radius 2 is 1.34 bits per heavy atom. The van der Waals surface area contributed by atoms with E-state index < -0.39 is 5.97 Å². The number of ether oxygens (including phenoxy) is 3. The molecule has 1 atom stereocenters. The molecule has 0 radical (unpaired) electrons. The van der Waals surface area contributed by atoms with Crippen LogP contribution in [0.3, 0.4) is 0 Å². The van der Waals surface area contributed by atoms with E-state index in [9.17, 15) is 4.79 Å². The third-order valence-electron chi connectivity index (χ3n) is 7.31. The van der Waals surface area contributed by atoms with Gasteiger partial charge >= 0.3 is 5.97 Å². The third-order valence-corrected chi connectivity index (χ3v) is 7.57. The molecule has 0 heterocycles. The van der Waals surface area contributed by atoms with Gasteiger partial charge in [0.15, 0.2) is 0 Å². The number of esters is 1. The van der Waals surface area contributed by atoms with Crippen molar-refractivity contribution in [2.45, 2.75) is 84.5 Å². The Labute approximate surface area is 252 Å². The fourth-order valence-corrected chi connectivity index (χ4v) is 4.95. The lowest BCUT2D eigenvalue weighted by molar-refractivity contribution is 0.0735. The van der Waals surface area contributed by atoms with Gasteiger partial charge < -0.3 is 14.2 Å². The molecule has 0 aliphatic rings. The summed E-state index contributed by atoms with van der Waals surface area (Å²) in [6.07, 6.45) is 13.2. The number of carbonyl (C=O) groups is 1. The van der Waals surface area contributed by atoms with Crippen molar-refractivity contribution in [1.82, 2.24) is 0 Å². The SMILES string of the molecule is CCCCCCCCCCOc1ccc(OC(=O)c2cc(OCC[C@H](C)CCCCl)ccc2-c2ccccc2)cc1. The van der Waals surface area contributed by atoms with Crippen LogP contribution < -0.4 is 14.2 Å². The van der Waals surface area contributed by atoms with Crippen molar-refractivity contribution in [3.8, 4) is 28.4 Å². The lowest BCUT2D eigenvalue weighted by Crippen LogP contribution is -2.11. The van der Waals surface area contributed by atoms with Gasteiger partial charge in [0.05, 0.1) is 18.8 Å². The van der Waals surface area contributed by atoms with Crippen molar-refractivity contribution in [2.75, 3.05) is 19.1 Å². The molecule has 0 spiro atoms. The lowest BCUT2D eigenvalue weighted by Gasteiger charge is -2.15. The minimum Gasteiger partial charge on any atom is -0.494 e. The van der Waals surface area contributed by atoms with Gasteiger partial charge in [-0.2, -0.15) is 0 Å². The molecular weight excluding hydrogens is 532 g/mol. The van der Waals surface area contributed by atoms with Crippen LogP contribution in [0.1, 0.15) is 94.8 Å². The normalized spacial score (nSPS) is 11.7. The van der Waals surface area contributed by atoms with Gasteiger partial charge in [-0.25, -0.2) is 4.79 Å². The van der Waals surface area contributed by atoms with E-state index in [1.807, 2.05) is 54.6 Å². The molecule has 5 heteroatoms. The van der Waals surface area contributed by atoms with Crippen molar-refractivity contribution in [3.05, 3.63) is 78.4 Å². The minimum absolute atomic E-state index is 0.419. The summed E-state index contributed by atoms with van der Waals surface area (Å²) < 4.78 is 17.7. The van der Waals surface area contributed by atoms with E-state index in [1.54, 1.807) is 18.2 Å². The monoisotopic (exact) mass is 578 g/mol. The van der Waals surface area contributed by atoms with Gasteiger partial charge in [-0.3, -0.25) is 0 Å². The molecule has 0 saturated carbocycles. The Balaban J connectivity index is 1.55. The van der Waals surface area contributed by atoms with Gasteiger partial charge in [-0.15, -0.1) is 11.6 Å². The molecule has 0 saturated heterocycles. The predicted molar refractivity (Wildman–Crippen MR) is 171 cm³/mol. The van der Waals surface area contributed by atoms with Crippen molar-refractivity contribution >= 4 is 17.6 Å². The summed E-state index contributed by atoms with van der Waals surface area (Å²) in [6.45, 7) is 5.75. The largest absolute Gasteiger partial charge is 0.494 e. The Morgan fingerprint density at radius 1 is 0.707 bits per heavy atom. The van der Waals surface area contributed by atoms with E-state index in [4.69, 9.17) is 25.8 Å². The molecule has 3 rings (SSSR count). The molecule has 0 bridgehead atoms. The van der Waals surface area contributed by atoms with E-state index in [-0.39, 0.29) is 0 Å². The Bertz CT molecular complexity index is 1130. The number of benzene rings is 3. The van der Waals surface area contributed by atoms with Gasteiger partial charge in [-0.1, -0.05) is 89.1 Å². The molecule has 0 aromatic heterocycles. The highest BCUT2D eigenvalue weighted by atomic mass is 35.5. The summed E-state index contributed by atoms with van der Waals surface area (Å²) in [6, 6.07) is 22.8. The number of hydrogen-bond donors (Lipinski definition) is 0. The van der Waals surface area contributed by atoms with Gasteiger partial charge in [0, 0.05) is 5.88 Å². The van der Waals surface area contributed by atoms with Crippen molar-refractivity contribution in [1.29, 1.82) is 0 Å². The zero-order valence-corrected chi connectivity index (χ0v) is 25.7. The highest BCUT2D eigenvalue weighted by Crippen LogP contribution is 2.29. The standard InChI is InChI=1S/C36H47ClO4/c1-3-4-5-6-7-8-9-13-26-39-31-18-20-32(21-19-31)41-36(38)35-28-33(40-27-24-29(2)15-14-25-37)22-23-34(35)30-16-11-10-12-17-30/h10-12,16-23,28-29H,3-9,13-15,24-27H2,1-2H3/t29-/m1/s1. The average Bonchev–Trinajstić information content (AvgIpc) is 3.00. The summed E-state index contributed by atoms with van der Waals surface area (Å²) in [5, 5.41) is 0. The van der Waals surface area contributed by atoms with Gasteiger partial charge in [-0.05, 0) is 85.2 Å². The van der Waals surface area contributed by atoms with Gasteiger partial charge in [0.1, 0.15) is 17.2 Å². The van der Waals surface area contributed by atoms with E-state index in [1.165, 1.54) is 44.9 Å². The number of halogens is 1. The Morgan fingerprint density at radius 3 is 2.05 bits per heavy atom. The van der Waals surface area contributed by atoms with Crippen LogP contribution in [0.25, 0.3) is 11.1 Å². The maximum absolute atomic E-state index is 13.4. The number of unbranched alkanes of at least 4 members (excludes halogenated alkanes) is 7. The molecule has 0 fully saturated rings. The fraction of sp³-hybridized carbons (Fsp3) is 0.472. The molecule has 3 aromatic carbocycles. The van der Waals surface area contributed by atoms with Crippen LogP contribution in [0.15, 0.2) is 72.8 Å². The van der Waals surface area contributed by atoms with Gasteiger partial charge in [0.2, 0.25) is 0 Å².